The molecule has 1 aromatic carbocycles. The number of nitrogens with zero attached hydrogens (tertiary/aromatic N) is 1. The third-order valence-electron chi connectivity index (χ3n) is 4.18. The number of guanidine groups is 1. The van der Waals surface area contributed by atoms with Gasteiger partial charge >= 0.3 is 0 Å². The van der Waals surface area contributed by atoms with Crippen LogP contribution in [0.4, 0.5) is 4.39 Å². The molecule has 1 unspecified atom stereocenters. The number of aliphatic imine (C=N–C) groups is 1. The summed E-state index contributed by atoms with van der Waals surface area (Å²) in [6.45, 7) is 6.29. The second kappa shape index (κ2) is 8.57. The Morgan fingerprint density at radius 3 is 2.62 bits per heavy atom. The maximum absolute atomic E-state index is 13.4. The van der Waals surface area contributed by atoms with Crippen molar-refractivity contribution in [3.63, 3.8) is 0 Å². The van der Waals surface area contributed by atoms with Crippen LogP contribution in [0.5, 0.6) is 0 Å². The zero-order valence-corrected chi connectivity index (χ0v) is 17.6. The zero-order valence-electron chi connectivity index (χ0n) is 15.2. The first kappa shape index (κ1) is 20.3. The topological polar surface area (TPSA) is 62.7 Å². The quantitative estimate of drug-likeness (QED) is 0.325. The van der Waals surface area contributed by atoms with Gasteiger partial charge in [-0.3, -0.25) is 4.99 Å². The van der Waals surface area contributed by atoms with Crippen LogP contribution >= 0.6 is 24.0 Å². The van der Waals surface area contributed by atoms with Crippen LogP contribution in [0, 0.1) is 19.7 Å². The number of fused-ring (bicyclic) bond motifs is 1. The summed E-state index contributed by atoms with van der Waals surface area (Å²) < 4.78 is 24.8. The van der Waals surface area contributed by atoms with Crippen molar-refractivity contribution in [3.05, 3.63) is 59.0 Å². The molecule has 0 saturated carbocycles. The molecule has 0 aliphatic heterocycles. The summed E-state index contributed by atoms with van der Waals surface area (Å²) in [5, 5.41) is 7.28. The fraction of sp³-hybridized carbons (Fsp3) is 0.316. The van der Waals surface area contributed by atoms with E-state index in [0.29, 0.717) is 18.1 Å². The lowest BCUT2D eigenvalue weighted by Crippen LogP contribution is -2.38. The lowest BCUT2D eigenvalue weighted by molar-refractivity contribution is 0.440. The molecule has 0 aliphatic carbocycles. The Morgan fingerprint density at radius 1 is 1.19 bits per heavy atom. The van der Waals surface area contributed by atoms with E-state index in [-0.39, 0.29) is 35.8 Å². The van der Waals surface area contributed by atoms with E-state index in [0.717, 1.165) is 28.2 Å². The summed E-state index contributed by atoms with van der Waals surface area (Å²) in [4.78, 5) is 4.22. The van der Waals surface area contributed by atoms with Gasteiger partial charge in [-0.25, -0.2) is 4.39 Å². The van der Waals surface area contributed by atoms with Crippen molar-refractivity contribution in [2.45, 2.75) is 33.4 Å². The van der Waals surface area contributed by atoms with Crippen molar-refractivity contribution in [1.82, 2.24) is 10.6 Å². The number of benzene rings is 1. The molecule has 2 N–H and O–H groups in total. The highest BCUT2D eigenvalue weighted by atomic mass is 127. The highest BCUT2D eigenvalue weighted by Gasteiger charge is 2.14. The van der Waals surface area contributed by atoms with Crippen molar-refractivity contribution in [2.75, 3.05) is 7.05 Å². The summed E-state index contributed by atoms with van der Waals surface area (Å²) in [5.41, 5.74) is 1.60. The van der Waals surface area contributed by atoms with Gasteiger partial charge in [0.15, 0.2) is 5.96 Å². The Labute approximate surface area is 169 Å². The van der Waals surface area contributed by atoms with Gasteiger partial charge in [0.1, 0.15) is 28.7 Å². The monoisotopic (exact) mass is 471 g/mol. The van der Waals surface area contributed by atoms with Crippen LogP contribution < -0.4 is 10.6 Å². The van der Waals surface area contributed by atoms with Crippen LogP contribution in [-0.2, 0) is 6.54 Å². The van der Waals surface area contributed by atoms with Gasteiger partial charge in [-0.05, 0) is 51.1 Å². The second-order valence-corrected chi connectivity index (χ2v) is 6.03. The highest BCUT2D eigenvalue weighted by molar-refractivity contribution is 14.0. The largest absolute Gasteiger partial charge is 0.464 e. The van der Waals surface area contributed by atoms with E-state index in [9.17, 15) is 4.39 Å². The molecule has 2 heterocycles. The van der Waals surface area contributed by atoms with Crippen LogP contribution in [0.3, 0.4) is 0 Å². The standard InChI is InChI=1S/C19H22FN3O2.HI/c1-11-5-7-16(24-11)13(3)23-19(21-4)22-10-18-12(2)15-9-14(20)6-8-17(15)25-18;/h5-9,13H,10H2,1-4H3,(H2,21,22,23);1H. The average Bonchev–Trinajstić information content (AvgIpc) is 3.16. The van der Waals surface area contributed by atoms with E-state index < -0.39 is 0 Å². The molecular weight excluding hydrogens is 448 g/mol. The summed E-state index contributed by atoms with van der Waals surface area (Å²) >= 11 is 0. The maximum atomic E-state index is 13.4. The van der Waals surface area contributed by atoms with E-state index >= 15 is 0 Å². The third kappa shape index (κ3) is 4.38. The van der Waals surface area contributed by atoms with Crippen LogP contribution in [0.2, 0.25) is 0 Å². The summed E-state index contributed by atoms with van der Waals surface area (Å²) in [6, 6.07) is 8.39. The van der Waals surface area contributed by atoms with Crippen molar-refractivity contribution in [1.29, 1.82) is 0 Å². The minimum atomic E-state index is -0.268. The fourth-order valence-electron chi connectivity index (χ4n) is 2.73. The van der Waals surface area contributed by atoms with Crippen LogP contribution in [0.15, 0.2) is 44.2 Å². The average molecular weight is 471 g/mol. The van der Waals surface area contributed by atoms with E-state index in [4.69, 9.17) is 8.83 Å². The Morgan fingerprint density at radius 2 is 1.96 bits per heavy atom. The van der Waals surface area contributed by atoms with Crippen LogP contribution in [-0.4, -0.2) is 13.0 Å². The van der Waals surface area contributed by atoms with Gasteiger partial charge in [-0.2, -0.15) is 0 Å². The molecule has 7 heteroatoms. The molecule has 3 rings (SSSR count). The number of hydrogen-bond donors (Lipinski definition) is 2. The van der Waals surface area contributed by atoms with E-state index in [1.54, 1.807) is 13.1 Å². The Bertz CT molecular complexity index is 917. The minimum absolute atomic E-state index is 0. The normalized spacial score (nSPS) is 12.7. The van der Waals surface area contributed by atoms with Crippen LogP contribution in [0.25, 0.3) is 11.0 Å². The first-order chi connectivity index (χ1) is 12.0. The van der Waals surface area contributed by atoms with Gasteiger partial charge in [-0.1, -0.05) is 0 Å². The number of hydrogen-bond acceptors (Lipinski definition) is 3. The SMILES string of the molecule is CN=C(NCc1oc2ccc(F)cc2c1C)NC(C)c1ccc(C)o1.I. The first-order valence-corrected chi connectivity index (χ1v) is 8.19. The number of nitrogens with one attached hydrogen (secondary N) is 2. The fourth-order valence-corrected chi connectivity index (χ4v) is 2.73. The molecule has 0 radical (unpaired) electrons. The molecule has 140 valence electrons. The Balaban J connectivity index is 0.00000243. The molecule has 5 nitrogen and oxygen atoms in total. The molecule has 1 atom stereocenters. The summed E-state index contributed by atoms with van der Waals surface area (Å²) in [7, 11) is 1.70. The summed E-state index contributed by atoms with van der Waals surface area (Å²) in [5.74, 6) is 2.83. The minimum Gasteiger partial charge on any atom is -0.464 e. The molecule has 0 bridgehead atoms. The summed E-state index contributed by atoms with van der Waals surface area (Å²) in [6.07, 6.45) is 0. The second-order valence-electron chi connectivity index (χ2n) is 6.03. The first-order valence-electron chi connectivity index (χ1n) is 8.19. The van der Waals surface area contributed by atoms with Crippen molar-refractivity contribution < 1.29 is 13.2 Å². The van der Waals surface area contributed by atoms with Gasteiger partial charge in [0.25, 0.3) is 0 Å². The number of halogens is 2. The Hall–Kier alpha value is -2.03. The number of rotatable bonds is 4. The van der Waals surface area contributed by atoms with E-state index in [2.05, 4.69) is 15.6 Å². The van der Waals surface area contributed by atoms with Gasteiger partial charge < -0.3 is 19.5 Å². The van der Waals surface area contributed by atoms with E-state index in [1.807, 2.05) is 32.9 Å². The predicted molar refractivity (Wildman–Crippen MR) is 112 cm³/mol. The molecule has 0 spiro atoms. The molecule has 0 fully saturated rings. The van der Waals surface area contributed by atoms with Gasteiger partial charge in [0.2, 0.25) is 0 Å². The third-order valence-corrected chi connectivity index (χ3v) is 4.18. The molecule has 26 heavy (non-hydrogen) atoms. The Kier molecular flexibility index (Phi) is 6.69. The maximum Gasteiger partial charge on any atom is 0.191 e. The molecule has 0 saturated heterocycles. The number of aryl methyl sites for hydroxylation is 2. The van der Waals surface area contributed by atoms with Crippen molar-refractivity contribution >= 4 is 40.9 Å². The van der Waals surface area contributed by atoms with Crippen molar-refractivity contribution in [3.8, 4) is 0 Å². The van der Waals surface area contributed by atoms with Gasteiger partial charge in [0.05, 0.1) is 12.6 Å². The molecule has 0 aliphatic rings. The molecule has 2 aromatic heterocycles. The highest BCUT2D eigenvalue weighted by Crippen LogP contribution is 2.25. The van der Waals surface area contributed by atoms with Gasteiger partial charge in [0, 0.05) is 18.0 Å². The lowest BCUT2D eigenvalue weighted by Gasteiger charge is -2.16. The van der Waals surface area contributed by atoms with E-state index in [1.165, 1.54) is 12.1 Å². The molecule has 3 aromatic rings. The smallest absolute Gasteiger partial charge is 0.191 e. The van der Waals surface area contributed by atoms with Crippen molar-refractivity contribution in [2.24, 2.45) is 4.99 Å². The lowest BCUT2D eigenvalue weighted by atomic mass is 10.1. The zero-order chi connectivity index (χ0) is 18.0. The van der Waals surface area contributed by atoms with Gasteiger partial charge in [-0.15, -0.1) is 24.0 Å². The van der Waals surface area contributed by atoms with Crippen LogP contribution in [0.1, 0.15) is 35.8 Å². The predicted octanol–water partition coefficient (Wildman–Crippen LogP) is 4.83. The molecular formula is C19H23FIN3O2. The molecule has 0 amide bonds. The number of furan rings is 2.